The third-order valence-corrected chi connectivity index (χ3v) is 3.49. The molecule has 0 saturated carbocycles. The van der Waals surface area contributed by atoms with Crippen molar-refractivity contribution in [1.82, 2.24) is 4.98 Å². The van der Waals surface area contributed by atoms with Crippen molar-refractivity contribution < 1.29 is 34.8 Å². The quantitative estimate of drug-likeness (QED) is 0.440. The third kappa shape index (κ3) is 17.8. The van der Waals surface area contributed by atoms with E-state index in [1.54, 1.807) is 86.9 Å². The second-order valence-corrected chi connectivity index (χ2v) is 6.54. The zero-order valence-electron chi connectivity index (χ0n) is 18.7. The van der Waals surface area contributed by atoms with Crippen LogP contribution in [0.15, 0.2) is 91.3 Å². The molecular formula is C25H31NO7. The Labute approximate surface area is 193 Å². The van der Waals surface area contributed by atoms with Gasteiger partial charge in [0.1, 0.15) is 0 Å². The van der Waals surface area contributed by atoms with Crippen molar-refractivity contribution in [3.8, 4) is 0 Å². The molecule has 0 radical (unpaired) electrons. The highest BCUT2D eigenvalue weighted by Gasteiger charge is 2.01. The van der Waals surface area contributed by atoms with Gasteiger partial charge in [-0.1, -0.05) is 42.5 Å². The summed E-state index contributed by atoms with van der Waals surface area (Å²) in [6.45, 7) is 3.70. The Morgan fingerprint density at radius 2 is 1.18 bits per heavy atom. The molecule has 178 valence electrons. The Kier molecular flexibility index (Phi) is 17.0. The van der Waals surface area contributed by atoms with Crippen LogP contribution >= 0.6 is 0 Å². The molecule has 8 nitrogen and oxygen atoms in total. The van der Waals surface area contributed by atoms with Gasteiger partial charge in [0.15, 0.2) is 0 Å². The average Bonchev–Trinajstić information content (AvgIpc) is 2.86. The van der Waals surface area contributed by atoms with Crippen LogP contribution in [0.2, 0.25) is 0 Å². The number of hydrogen-bond acceptors (Lipinski definition) is 6. The number of aromatic nitrogens is 1. The number of aliphatic hydroxyl groups excluding tert-OH is 2. The summed E-state index contributed by atoms with van der Waals surface area (Å²) in [6.07, 6.45) is 2.89. The van der Waals surface area contributed by atoms with Gasteiger partial charge in [-0.15, -0.1) is 0 Å². The third-order valence-electron chi connectivity index (χ3n) is 3.49. The van der Waals surface area contributed by atoms with Gasteiger partial charge < -0.3 is 25.2 Å². The fourth-order valence-electron chi connectivity index (χ4n) is 1.83. The van der Waals surface area contributed by atoms with E-state index < -0.39 is 18.0 Å². The topological polar surface area (TPSA) is 137 Å². The molecule has 0 fully saturated rings. The van der Waals surface area contributed by atoms with Crippen LogP contribution in [-0.4, -0.2) is 62.8 Å². The molecule has 3 rings (SSSR count). The fourth-order valence-corrected chi connectivity index (χ4v) is 1.83. The molecule has 0 bridgehead atoms. The number of rotatable bonds is 6. The predicted octanol–water partition coefficient (Wildman–Crippen LogP) is 3.62. The largest absolute Gasteiger partial charge is 0.478 e. The Hall–Kier alpha value is -3.59. The maximum Gasteiger partial charge on any atom is 0.335 e. The van der Waals surface area contributed by atoms with Crippen molar-refractivity contribution >= 4 is 11.9 Å². The van der Waals surface area contributed by atoms with E-state index in [4.69, 9.17) is 25.2 Å². The van der Waals surface area contributed by atoms with E-state index in [9.17, 15) is 9.59 Å². The summed E-state index contributed by atoms with van der Waals surface area (Å²) in [4.78, 5) is 24.2. The Bertz CT molecular complexity index is 783. The van der Waals surface area contributed by atoms with Gasteiger partial charge in [-0.2, -0.15) is 0 Å². The first kappa shape index (κ1) is 29.4. The van der Waals surface area contributed by atoms with Gasteiger partial charge >= 0.3 is 11.9 Å². The highest BCUT2D eigenvalue weighted by atomic mass is 16.5. The van der Waals surface area contributed by atoms with Crippen LogP contribution < -0.4 is 0 Å². The molecule has 0 spiro atoms. The summed E-state index contributed by atoms with van der Waals surface area (Å²) in [5, 5.41) is 33.9. The summed E-state index contributed by atoms with van der Waals surface area (Å²) >= 11 is 0. The number of carbonyl (C=O) groups is 2. The zero-order chi connectivity index (χ0) is 24.9. The minimum absolute atomic E-state index is 0.00667. The molecule has 3 aromatic rings. The van der Waals surface area contributed by atoms with Gasteiger partial charge in [0, 0.05) is 12.4 Å². The summed E-state index contributed by atoms with van der Waals surface area (Å²) in [5.41, 5.74) is 0.662. The predicted molar refractivity (Wildman–Crippen MR) is 125 cm³/mol. The van der Waals surface area contributed by atoms with Gasteiger partial charge in [0.05, 0.1) is 36.5 Å². The standard InChI is InChI=1S/2C7H6O2.C6H14O3.C5H5N/c2*8-7(9)6-4-2-1-3-5-6;1-5(8)4-9-6(2)3-7;1-2-4-6-5-3-1/h2*1-5H,(H,8,9);5-8H,3-4H2,1-2H3;1-5H. The van der Waals surface area contributed by atoms with Gasteiger partial charge in [0.25, 0.3) is 0 Å². The highest BCUT2D eigenvalue weighted by Crippen LogP contribution is 1.97. The number of hydrogen-bond donors (Lipinski definition) is 4. The molecule has 0 amide bonds. The van der Waals surface area contributed by atoms with Crippen molar-refractivity contribution in [2.75, 3.05) is 13.2 Å². The summed E-state index contributed by atoms with van der Waals surface area (Å²) in [6, 6.07) is 22.3. The fraction of sp³-hybridized carbons (Fsp3) is 0.240. The molecule has 2 unspecified atom stereocenters. The second kappa shape index (κ2) is 19.1. The van der Waals surface area contributed by atoms with Crippen molar-refractivity contribution in [3.05, 3.63) is 102 Å². The Morgan fingerprint density at radius 3 is 1.39 bits per heavy atom. The van der Waals surface area contributed by atoms with E-state index in [0.29, 0.717) is 17.7 Å². The van der Waals surface area contributed by atoms with Crippen LogP contribution in [0.5, 0.6) is 0 Å². The highest BCUT2D eigenvalue weighted by molar-refractivity contribution is 5.87. The van der Waals surface area contributed by atoms with Crippen molar-refractivity contribution in [1.29, 1.82) is 0 Å². The molecule has 0 aliphatic rings. The van der Waals surface area contributed by atoms with E-state index in [0.717, 1.165) is 0 Å². The van der Waals surface area contributed by atoms with E-state index in [1.807, 2.05) is 18.2 Å². The molecule has 1 heterocycles. The lowest BCUT2D eigenvalue weighted by Crippen LogP contribution is -2.19. The molecule has 0 aliphatic heterocycles. The molecule has 2 aromatic carbocycles. The number of benzene rings is 2. The van der Waals surface area contributed by atoms with Crippen LogP contribution in [0.1, 0.15) is 34.6 Å². The van der Waals surface area contributed by atoms with Crippen LogP contribution in [0, 0.1) is 0 Å². The molecule has 0 aliphatic carbocycles. The number of aromatic carboxylic acids is 2. The van der Waals surface area contributed by atoms with E-state index in [1.165, 1.54) is 0 Å². The molecule has 0 saturated heterocycles. The van der Waals surface area contributed by atoms with E-state index >= 15 is 0 Å². The summed E-state index contributed by atoms with van der Waals surface area (Å²) in [5.74, 6) is -1.76. The lowest BCUT2D eigenvalue weighted by atomic mass is 10.2. The first-order valence-corrected chi connectivity index (χ1v) is 10.1. The van der Waals surface area contributed by atoms with Gasteiger partial charge in [0.2, 0.25) is 0 Å². The Balaban J connectivity index is 0.000000418. The Morgan fingerprint density at radius 1 is 0.788 bits per heavy atom. The number of ether oxygens (including phenoxy) is 1. The first-order chi connectivity index (χ1) is 15.8. The van der Waals surface area contributed by atoms with Crippen LogP contribution in [0.25, 0.3) is 0 Å². The molecular weight excluding hydrogens is 426 g/mol. The molecule has 4 N–H and O–H groups in total. The second-order valence-electron chi connectivity index (χ2n) is 6.54. The first-order valence-electron chi connectivity index (χ1n) is 10.1. The van der Waals surface area contributed by atoms with Crippen molar-refractivity contribution in [2.24, 2.45) is 0 Å². The normalized spacial score (nSPS) is 11.0. The van der Waals surface area contributed by atoms with Crippen LogP contribution in [0.4, 0.5) is 0 Å². The molecule has 1 aromatic heterocycles. The van der Waals surface area contributed by atoms with E-state index in [2.05, 4.69) is 4.98 Å². The monoisotopic (exact) mass is 457 g/mol. The smallest absolute Gasteiger partial charge is 0.335 e. The summed E-state index contributed by atoms with van der Waals surface area (Å²) in [7, 11) is 0. The number of aliphatic hydroxyl groups is 2. The number of pyridine rings is 1. The molecule has 8 heteroatoms. The van der Waals surface area contributed by atoms with Crippen molar-refractivity contribution in [3.63, 3.8) is 0 Å². The van der Waals surface area contributed by atoms with Crippen LogP contribution in [0.3, 0.4) is 0 Å². The average molecular weight is 458 g/mol. The van der Waals surface area contributed by atoms with Crippen LogP contribution in [-0.2, 0) is 4.74 Å². The van der Waals surface area contributed by atoms with Crippen molar-refractivity contribution in [2.45, 2.75) is 26.1 Å². The number of carboxylic acid groups (broad SMARTS) is 2. The van der Waals surface area contributed by atoms with Gasteiger partial charge in [-0.3, -0.25) is 4.98 Å². The van der Waals surface area contributed by atoms with E-state index in [-0.39, 0.29) is 12.7 Å². The number of carboxylic acids is 2. The maximum absolute atomic E-state index is 10.2. The maximum atomic E-state index is 10.2. The summed E-state index contributed by atoms with van der Waals surface area (Å²) < 4.78 is 4.95. The minimum atomic E-state index is -0.879. The SMILES string of the molecule is CC(O)COC(C)CO.O=C(O)c1ccccc1.O=C(O)c1ccccc1.c1ccncc1. The lowest BCUT2D eigenvalue weighted by Gasteiger charge is -2.10. The zero-order valence-corrected chi connectivity index (χ0v) is 18.7. The lowest BCUT2D eigenvalue weighted by molar-refractivity contribution is -0.0177. The molecule has 33 heavy (non-hydrogen) atoms. The molecule has 2 atom stereocenters. The number of nitrogens with zero attached hydrogens (tertiary/aromatic N) is 1. The minimum Gasteiger partial charge on any atom is -0.478 e. The van der Waals surface area contributed by atoms with Gasteiger partial charge in [-0.05, 0) is 50.2 Å². The van der Waals surface area contributed by atoms with Gasteiger partial charge in [-0.25, -0.2) is 9.59 Å².